The third kappa shape index (κ3) is 5.38. The number of nitrogen functional groups attached to an aromatic ring is 1. The number of hydrogen-bond acceptors (Lipinski definition) is 7. The fourth-order valence-electron chi connectivity index (χ4n) is 5.99. The Bertz CT molecular complexity index is 2100. The summed E-state index contributed by atoms with van der Waals surface area (Å²) in [5.74, 6) is 1.29. The van der Waals surface area contributed by atoms with Crippen molar-refractivity contribution < 1.29 is 9.59 Å². The van der Waals surface area contributed by atoms with Crippen LogP contribution < -0.4 is 16.4 Å². The van der Waals surface area contributed by atoms with Crippen molar-refractivity contribution in [3.8, 4) is 22.9 Å². The summed E-state index contributed by atoms with van der Waals surface area (Å²) in [5, 5.41) is 10.4. The predicted octanol–water partition coefficient (Wildman–Crippen LogP) is 4.51. The first-order chi connectivity index (χ1) is 22.5. The highest BCUT2D eigenvalue weighted by Gasteiger charge is 2.27. The average molecular weight is 610 g/mol. The normalized spacial score (nSPS) is 13.8. The number of imidazole rings is 1. The van der Waals surface area contributed by atoms with Gasteiger partial charge >= 0.3 is 0 Å². The van der Waals surface area contributed by atoms with Crippen molar-refractivity contribution >= 4 is 28.8 Å². The number of aryl methyl sites for hydroxylation is 1. The second-order valence-electron chi connectivity index (χ2n) is 11.0. The van der Waals surface area contributed by atoms with Crippen LogP contribution in [0, 0.1) is 0 Å². The van der Waals surface area contributed by atoms with Gasteiger partial charge in [-0.3, -0.25) is 14.2 Å². The largest absolute Gasteiger partial charge is 0.383 e. The molecule has 2 aromatic carbocycles. The van der Waals surface area contributed by atoms with E-state index in [0.29, 0.717) is 52.7 Å². The highest BCUT2D eigenvalue weighted by molar-refractivity contribution is 5.96. The van der Waals surface area contributed by atoms with Crippen LogP contribution in [0.1, 0.15) is 39.5 Å². The van der Waals surface area contributed by atoms with Crippen molar-refractivity contribution in [3.63, 3.8) is 0 Å². The third-order valence-electron chi connectivity index (χ3n) is 8.22. The molecule has 0 fully saturated rings. The first kappa shape index (κ1) is 28.7. The molecule has 1 atom stereocenters. The summed E-state index contributed by atoms with van der Waals surface area (Å²) in [6.45, 7) is 3.90. The smallest absolute Gasteiger partial charge is 0.252 e. The Kier molecular flexibility index (Phi) is 7.55. The molecule has 0 unspecified atom stereocenters. The number of hydrogen-bond donors (Lipinski definition) is 3. The molecule has 6 aromatic rings. The summed E-state index contributed by atoms with van der Waals surface area (Å²) in [6, 6.07) is 23.0. The lowest BCUT2D eigenvalue weighted by molar-refractivity contribution is -0.116. The van der Waals surface area contributed by atoms with E-state index in [2.05, 4.69) is 39.4 Å². The average Bonchev–Trinajstić information content (AvgIpc) is 3.84. The van der Waals surface area contributed by atoms with Crippen LogP contribution in [0.2, 0.25) is 0 Å². The maximum Gasteiger partial charge on any atom is 0.252 e. The molecule has 11 heteroatoms. The molecule has 0 saturated heterocycles. The van der Waals surface area contributed by atoms with Gasteiger partial charge in [0.25, 0.3) is 5.91 Å². The van der Waals surface area contributed by atoms with Crippen LogP contribution in [0.3, 0.4) is 0 Å². The van der Waals surface area contributed by atoms with E-state index in [1.807, 2.05) is 71.4 Å². The molecule has 7 rings (SSSR count). The van der Waals surface area contributed by atoms with Gasteiger partial charge in [0.1, 0.15) is 11.3 Å². The molecule has 4 N–H and O–H groups in total. The zero-order valence-corrected chi connectivity index (χ0v) is 24.9. The van der Waals surface area contributed by atoms with Crippen LogP contribution in [0.5, 0.6) is 0 Å². The summed E-state index contributed by atoms with van der Waals surface area (Å²) in [7, 11) is 0. The van der Waals surface area contributed by atoms with E-state index < -0.39 is 0 Å². The number of nitrogens with zero attached hydrogens (tertiary/aromatic N) is 6. The van der Waals surface area contributed by atoms with Crippen molar-refractivity contribution in [1.82, 2.24) is 39.9 Å². The van der Waals surface area contributed by atoms with Crippen molar-refractivity contribution in [2.75, 3.05) is 12.3 Å². The van der Waals surface area contributed by atoms with Gasteiger partial charge in [-0.05, 0) is 90.6 Å². The molecule has 228 valence electrons. The Balaban J connectivity index is 1.21. The molecule has 0 saturated carbocycles. The second-order valence-corrected chi connectivity index (χ2v) is 11.0. The molecule has 0 bridgehead atoms. The van der Waals surface area contributed by atoms with E-state index in [4.69, 9.17) is 15.7 Å². The highest BCUT2D eigenvalue weighted by atomic mass is 16.2. The quantitative estimate of drug-likeness (QED) is 0.205. The molecule has 46 heavy (non-hydrogen) atoms. The molecular formula is C35H31N9O2. The van der Waals surface area contributed by atoms with E-state index in [1.165, 1.54) is 6.08 Å². The first-order valence-electron chi connectivity index (χ1n) is 15.0. The van der Waals surface area contributed by atoms with Gasteiger partial charge in [0, 0.05) is 36.4 Å². The molecule has 4 aromatic heterocycles. The minimum absolute atomic E-state index is 0.136. The lowest BCUT2D eigenvalue weighted by Crippen LogP contribution is -2.29. The molecular weight excluding hydrogens is 578 g/mol. The molecule has 2 amide bonds. The monoisotopic (exact) mass is 609 g/mol. The van der Waals surface area contributed by atoms with Crippen LogP contribution in [-0.2, 0) is 17.6 Å². The van der Waals surface area contributed by atoms with Crippen molar-refractivity contribution in [2.24, 2.45) is 0 Å². The maximum absolute atomic E-state index is 13.5. The van der Waals surface area contributed by atoms with E-state index in [9.17, 15) is 9.59 Å². The van der Waals surface area contributed by atoms with Gasteiger partial charge < -0.3 is 16.4 Å². The van der Waals surface area contributed by atoms with Crippen LogP contribution in [0.4, 0.5) is 5.82 Å². The summed E-state index contributed by atoms with van der Waals surface area (Å²) < 4.78 is 3.71. The van der Waals surface area contributed by atoms with Gasteiger partial charge in [0.2, 0.25) is 5.91 Å². The van der Waals surface area contributed by atoms with E-state index >= 15 is 0 Å². The Morgan fingerprint density at radius 2 is 1.91 bits per heavy atom. The number of rotatable bonds is 9. The van der Waals surface area contributed by atoms with Crippen LogP contribution in [-0.4, -0.2) is 47.7 Å². The minimum atomic E-state index is -0.238. The number of pyridine rings is 2. The number of nitrogens with two attached hydrogens (primary N) is 1. The topological polar surface area (TPSA) is 146 Å². The SMILES string of the molecule is C=CC(=O)NCCc1ccccc1C(=O)N[C@H]1CCc2cc(-n3c(-c4cccnc4N)nc4ccc(-n5cccn5)nc43)ccc21. The summed E-state index contributed by atoms with van der Waals surface area (Å²) >= 11 is 0. The van der Waals surface area contributed by atoms with Gasteiger partial charge in [-0.15, -0.1) is 0 Å². The van der Waals surface area contributed by atoms with Crippen LogP contribution >= 0.6 is 0 Å². The number of nitrogens with one attached hydrogen (secondary N) is 2. The first-order valence-corrected chi connectivity index (χ1v) is 15.0. The van der Waals surface area contributed by atoms with Crippen molar-refractivity contribution in [1.29, 1.82) is 0 Å². The molecule has 1 aliphatic rings. The number of benzene rings is 2. The zero-order chi connectivity index (χ0) is 31.6. The fourth-order valence-corrected chi connectivity index (χ4v) is 5.99. The van der Waals surface area contributed by atoms with E-state index in [-0.39, 0.29) is 17.9 Å². The highest BCUT2D eigenvalue weighted by Crippen LogP contribution is 2.36. The molecule has 4 heterocycles. The molecule has 1 aliphatic carbocycles. The Morgan fingerprint density at radius 3 is 2.74 bits per heavy atom. The van der Waals surface area contributed by atoms with Gasteiger partial charge in [0.15, 0.2) is 17.3 Å². The number of amides is 2. The Labute approximate surface area is 264 Å². The molecule has 0 radical (unpaired) electrons. The maximum atomic E-state index is 13.5. The van der Waals surface area contributed by atoms with Crippen LogP contribution in [0.25, 0.3) is 34.1 Å². The van der Waals surface area contributed by atoms with E-state index in [1.54, 1.807) is 17.1 Å². The van der Waals surface area contributed by atoms with Gasteiger partial charge in [-0.1, -0.05) is 30.8 Å². The summed E-state index contributed by atoms with van der Waals surface area (Å²) in [5.41, 5.74) is 13.0. The zero-order valence-electron chi connectivity index (χ0n) is 24.9. The van der Waals surface area contributed by atoms with E-state index in [0.717, 1.165) is 35.2 Å². The van der Waals surface area contributed by atoms with Gasteiger partial charge in [-0.2, -0.15) is 5.10 Å². The minimum Gasteiger partial charge on any atom is -0.383 e. The summed E-state index contributed by atoms with van der Waals surface area (Å²) in [4.78, 5) is 39.2. The lowest BCUT2D eigenvalue weighted by atomic mass is 10.0. The predicted molar refractivity (Wildman–Crippen MR) is 176 cm³/mol. The third-order valence-corrected chi connectivity index (χ3v) is 8.22. The van der Waals surface area contributed by atoms with Gasteiger partial charge in [-0.25, -0.2) is 19.6 Å². The van der Waals surface area contributed by atoms with Crippen molar-refractivity contribution in [3.05, 3.63) is 126 Å². The number of carbonyl (C=O) groups excluding carboxylic acids is 2. The fraction of sp³-hybridized carbons (Fsp3) is 0.143. The Morgan fingerprint density at radius 1 is 1.02 bits per heavy atom. The second kappa shape index (κ2) is 12.1. The number of carbonyl (C=O) groups is 2. The van der Waals surface area contributed by atoms with Gasteiger partial charge in [0.05, 0.1) is 11.6 Å². The van der Waals surface area contributed by atoms with Crippen molar-refractivity contribution in [2.45, 2.75) is 25.3 Å². The molecule has 0 spiro atoms. The lowest BCUT2D eigenvalue weighted by Gasteiger charge is -2.17. The number of aromatic nitrogens is 6. The standard InChI is InChI=1S/C35H31N9O2/c1-2-31(45)37-19-16-22-7-3-4-8-26(22)35(46)41-28-13-10-23-21-24(11-12-25(23)28)44-33(27-9-5-17-38-32(27)36)40-29-14-15-30(42-34(29)44)43-20-6-18-39-43/h2-9,11-12,14-15,17-18,20-21,28H,1,10,13,16,19H2,(H2,36,38)(H,37,45)(H,41,46)/t28-/m0/s1. The number of anilines is 1. The summed E-state index contributed by atoms with van der Waals surface area (Å²) in [6.07, 6.45) is 8.56. The number of fused-ring (bicyclic) bond motifs is 2. The molecule has 0 aliphatic heterocycles. The van der Waals surface area contributed by atoms with Crippen LogP contribution in [0.15, 0.2) is 104 Å². The molecule has 11 nitrogen and oxygen atoms in total. The Hall–Kier alpha value is -6.10.